The van der Waals surface area contributed by atoms with Crippen LogP contribution in [0, 0.1) is 3.57 Å². The van der Waals surface area contributed by atoms with Gasteiger partial charge in [-0.1, -0.05) is 42.0 Å². The van der Waals surface area contributed by atoms with Crippen molar-refractivity contribution in [2.45, 2.75) is 0 Å². The summed E-state index contributed by atoms with van der Waals surface area (Å²) in [7, 11) is 0. The molecule has 0 saturated heterocycles. The van der Waals surface area contributed by atoms with Crippen LogP contribution in [-0.2, 0) is 0 Å². The summed E-state index contributed by atoms with van der Waals surface area (Å²) in [5, 5.41) is 10.3. The number of hydrogen-bond donors (Lipinski definition) is 1. The summed E-state index contributed by atoms with van der Waals surface area (Å²) in [5.74, 6) is 0.233. The predicted octanol–water partition coefficient (Wildman–Crippen LogP) is 4.82. The van der Waals surface area contributed by atoms with E-state index < -0.39 is 0 Å². The average Bonchev–Trinajstić information content (AvgIpc) is 2.32. The summed E-state index contributed by atoms with van der Waals surface area (Å²) in [6, 6.07) is 13.1. The van der Waals surface area contributed by atoms with Crippen LogP contribution in [-0.4, -0.2) is 5.11 Å². The van der Waals surface area contributed by atoms with E-state index >= 15 is 0 Å². The number of halogens is 2. The zero-order valence-electron chi connectivity index (χ0n) is 8.90. The molecule has 0 atom stereocenters. The zero-order chi connectivity index (χ0) is 12.3. The molecular formula is C14H10ClIO. The van der Waals surface area contributed by atoms with E-state index in [1.165, 1.54) is 3.57 Å². The molecule has 0 aliphatic rings. The van der Waals surface area contributed by atoms with Gasteiger partial charge in [0.25, 0.3) is 0 Å². The average molecular weight is 357 g/mol. The van der Waals surface area contributed by atoms with Gasteiger partial charge in [0.15, 0.2) is 0 Å². The van der Waals surface area contributed by atoms with E-state index in [2.05, 4.69) is 22.6 Å². The van der Waals surface area contributed by atoms with E-state index in [1.54, 1.807) is 18.2 Å². The highest BCUT2D eigenvalue weighted by Crippen LogP contribution is 2.24. The van der Waals surface area contributed by atoms with E-state index in [9.17, 15) is 5.11 Å². The Hall–Kier alpha value is -1.000. The minimum Gasteiger partial charge on any atom is -0.507 e. The molecule has 0 aliphatic heterocycles. The molecule has 0 heterocycles. The minimum atomic E-state index is 0.233. The Morgan fingerprint density at radius 3 is 2.47 bits per heavy atom. The number of aromatic hydroxyl groups is 1. The fourth-order valence-corrected chi connectivity index (χ4v) is 2.20. The van der Waals surface area contributed by atoms with Gasteiger partial charge in [-0.15, -0.1) is 0 Å². The van der Waals surface area contributed by atoms with Crippen LogP contribution in [0.25, 0.3) is 12.2 Å². The van der Waals surface area contributed by atoms with E-state index in [4.69, 9.17) is 11.6 Å². The maximum atomic E-state index is 9.67. The molecule has 2 aromatic carbocycles. The first-order chi connectivity index (χ1) is 8.16. The monoisotopic (exact) mass is 356 g/mol. The van der Waals surface area contributed by atoms with Crippen LogP contribution in [0.15, 0.2) is 42.5 Å². The summed E-state index contributed by atoms with van der Waals surface area (Å²) in [6.07, 6.45) is 3.83. The highest BCUT2D eigenvalue weighted by molar-refractivity contribution is 14.1. The van der Waals surface area contributed by atoms with Gasteiger partial charge in [0.2, 0.25) is 0 Å². The molecule has 0 bridgehead atoms. The van der Waals surface area contributed by atoms with Crippen LogP contribution in [0.1, 0.15) is 11.1 Å². The Labute approximate surface area is 119 Å². The molecule has 2 rings (SSSR count). The van der Waals surface area contributed by atoms with Crippen LogP contribution in [0.3, 0.4) is 0 Å². The number of benzene rings is 2. The van der Waals surface area contributed by atoms with Gasteiger partial charge in [0.1, 0.15) is 5.75 Å². The molecular weight excluding hydrogens is 347 g/mol. The van der Waals surface area contributed by atoms with Gasteiger partial charge in [-0.3, -0.25) is 0 Å². The van der Waals surface area contributed by atoms with Gasteiger partial charge in [-0.25, -0.2) is 0 Å². The van der Waals surface area contributed by atoms with Crippen LogP contribution in [0.2, 0.25) is 5.02 Å². The molecule has 1 N–H and O–H groups in total. The maximum absolute atomic E-state index is 9.67. The zero-order valence-corrected chi connectivity index (χ0v) is 11.8. The van der Waals surface area contributed by atoms with Gasteiger partial charge in [-0.05, 0) is 52.4 Å². The Morgan fingerprint density at radius 2 is 1.71 bits per heavy atom. The molecule has 2 aromatic rings. The van der Waals surface area contributed by atoms with E-state index in [0.29, 0.717) is 5.02 Å². The van der Waals surface area contributed by atoms with E-state index in [-0.39, 0.29) is 5.75 Å². The third-order valence-electron chi connectivity index (χ3n) is 2.34. The molecule has 0 aromatic heterocycles. The number of hydrogen-bond acceptors (Lipinski definition) is 1. The first-order valence-electron chi connectivity index (χ1n) is 5.08. The largest absolute Gasteiger partial charge is 0.507 e. The van der Waals surface area contributed by atoms with Crippen molar-refractivity contribution < 1.29 is 5.11 Å². The lowest BCUT2D eigenvalue weighted by Crippen LogP contribution is -1.78. The summed E-state index contributed by atoms with van der Waals surface area (Å²) in [6.45, 7) is 0. The standard InChI is InChI=1S/C14H10ClIO/c15-12-7-8-14(17)11(9-12)6-5-10-3-1-2-4-13(10)16/h1-9,17H/b6-5+. The summed E-state index contributed by atoms with van der Waals surface area (Å²) in [4.78, 5) is 0. The lowest BCUT2D eigenvalue weighted by Gasteiger charge is -2.00. The highest BCUT2D eigenvalue weighted by Gasteiger charge is 1.99. The van der Waals surface area contributed by atoms with Gasteiger partial charge in [0, 0.05) is 14.2 Å². The van der Waals surface area contributed by atoms with Crippen molar-refractivity contribution in [3.63, 3.8) is 0 Å². The molecule has 0 radical (unpaired) electrons. The lowest BCUT2D eigenvalue weighted by molar-refractivity contribution is 0.474. The molecule has 0 saturated carbocycles. The van der Waals surface area contributed by atoms with Crippen LogP contribution >= 0.6 is 34.2 Å². The molecule has 1 nitrogen and oxygen atoms in total. The normalized spacial score (nSPS) is 10.9. The topological polar surface area (TPSA) is 20.2 Å². The Balaban J connectivity index is 2.32. The van der Waals surface area contributed by atoms with Crippen molar-refractivity contribution in [2.75, 3.05) is 0 Å². The van der Waals surface area contributed by atoms with Crippen molar-refractivity contribution in [3.8, 4) is 5.75 Å². The van der Waals surface area contributed by atoms with Gasteiger partial charge >= 0.3 is 0 Å². The van der Waals surface area contributed by atoms with Crippen molar-refractivity contribution in [1.82, 2.24) is 0 Å². The summed E-state index contributed by atoms with van der Waals surface area (Å²) >= 11 is 8.16. The fraction of sp³-hybridized carbons (Fsp3) is 0. The second-order valence-corrected chi connectivity index (χ2v) is 5.16. The molecule has 0 fully saturated rings. The summed E-state index contributed by atoms with van der Waals surface area (Å²) in [5.41, 5.74) is 1.84. The third-order valence-corrected chi connectivity index (χ3v) is 3.55. The molecule has 17 heavy (non-hydrogen) atoms. The molecule has 3 heteroatoms. The third kappa shape index (κ3) is 3.23. The SMILES string of the molecule is Oc1ccc(Cl)cc1/C=C/c1ccccc1I. The minimum absolute atomic E-state index is 0.233. The van der Waals surface area contributed by atoms with Gasteiger partial charge < -0.3 is 5.11 Å². The summed E-state index contributed by atoms with van der Waals surface area (Å²) < 4.78 is 1.17. The lowest BCUT2D eigenvalue weighted by atomic mass is 10.1. The first kappa shape index (κ1) is 12.5. The highest BCUT2D eigenvalue weighted by atomic mass is 127. The smallest absolute Gasteiger partial charge is 0.122 e. The fourth-order valence-electron chi connectivity index (χ4n) is 1.45. The Kier molecular flexibility index (Phi) is 4.07. The Bertz CT molecular complexity index is 564. The molecule has 0 unspecified atom stereocenters. The van der Waals surface area contributed by atoms with Gasteiger partial charge in [0.05, 0.1) is 0 Å². The van der Waals surface area contributed by atoms with Crippen molar-refractivity contribution in [2.24, 2.45) is 0 Å². The predicted molar refractivity (Wildman–Crippen MR) is 81.2 cm³/mol. The number of phenolic OH excluding ortho intramolecular Hbond substituents is 1. The number of rotatable bonds is 2. The van der Waals surface area contributed by atoms with Crippen molar-refractivity contribution >= 4 is 46.3 Å². The quantitative estimate of drug-likeness (QED) is 0.604. The van der Waals surface area contributed by atoms with Crippen LogP contribution < -0.4 is 0 Å². The first-order valence-corrected chi connectivity index (χ1v) is 6.53. The molecule has 0 aliphatic carbocycles. The second kappa shape index (κ2) is 5.56. The van der Waals surface area contributed by atoms with Crippen LogP contribution in [0.5, 0.6) is 5.75 Å². The van der Waals surface area contributed by atoms with E-state index in [1.807, 2.05) is 36.4 Å². The van der Waals surface area contributed by atoms with Crippen LogP contribution in [0.4, 0.5) is 0 Å². The number of phenols is 1. The second-order valence-electron chi connectivity index (χ2n) is 3.56. The molecule has 0 amide bonds. The van der Waals surface area contributed by atoms with Crippen molar-refractivity contribution in [1.29, 1.82) is 0 Å². The molecule has 86 valence electrons. The van der Waals surface area contributed by atoms with Gasteiger partial charge in [-0.2, -0.15) is 0 Å². The van der Waals surface area contributed by atoms with E-state index in [0.717, 1.165) is 11.1 Å². The molecule has 0 spiro atoms. The maximum Gasteiger partial charge on any atom is 0.122 e. The van der Waals surface area contributed by atoms with Crippen molar-refractivity contribution in [3.05, 3.63) is 62.2 Å². The Morgan fingerprint density at radius 1 is 1.00 bits per heavy atom.